The van der Waals surface area contributed by atoms with E-state index in [2.05, 4.69) is 28.8 Å². The Bertz CT molecular complexity index is 960. The van der Waals surface area contributed by atoms with Crippen molar-refractivity contribution in [3.8, 4) is 11.1 Å². The molecule has 2 fully saturated rings. The highest BCUT2D eigenvalue weighted by molar-refractivity contribution is 5.73. The highest BCUT2D eigenvalue weighted by Gasteiger charge is 2.41. The van der Waals surface area contributed by atoms with Crippen molar-refractivity contribution in [2.75, 3.05) is 26.2 Å². The van der Waals surface area contributed by atoms with Gasteiger partial charge in [0.25, 0.3) is 5.56 Å². The minimum Gasteiger partial charge on any atom is -0.342 e. The second-order valence-electron chi connectivity index (χ2n) is 9.09. The van der Waals surface area contributed by atoms with Crippen LogP contribution in [0.3, 0.4) is 0 Å². The van der Waals surface area contributed by atoms with Crippen molar-refractivity contribution in [2.45, 2.75) is 44.7 Å². The molecule has 152 valence electrons. The molecule has 1 N–H and O–H groups in total. The fourth-order valence-electron chi connectivity index (χ4n) is 5.97. The molecule has 1 aromatic heterocycles. The summed E-state index contributed by atoms with van der Waals surface area (Å²) >= 11 is 0. The molecule has 3 atom stereocenters. The van der Waals surface area contributed by atoms with Gasteiger partial charge >= 0.3 is 0 Å². The fraction of sp³-hybridized carbons (Fsp3) is 0.500. The molecule has 1 unspecified atom stereocenters. The Labute approximate surface area is 171 Å². The van der Waals surface area contributed by atoms with E-state index in [0.29, 0.717) is 17.9 Å². The van der Waals surface area contributed by atoms with Crippen LogP contribution in [0, 0.1) is 5.92 Å². The maximum absolute atomic E-state index is 12.7. The van der Waals surface area contributed by atoms with Crippen molar-refractivity contribution < 1.29 is 9.69 Å². The second kappa shape index (κ2) is 7.45. The standard InChI is InChI=1S/C24H29N3O2/c1-17(28)25-11-9-21(10-12-25)26-14-18-13-20(16-26)24-22(19-5-3-2-4-6-19)7-8-23(29)27(24)15-18/h2-8,18,20-21H,9-16H2,1H3/p+1/t18-,20+/m0/s1. The van der Waals surface area contributed by atoms with Crippen LogP contribution in [0.2, 0.25) is 0 Å². The van der Waals surface area contributed by atoms with Crippen molar-refractivity contribution >= 4 is 5.91 Å². The quantitative estimate of drug-likeness (QED) is 0.843. The molecule has 2 aromatic rings. The summed E-state index contributed by atoms with van der Waals surface area (Å²) in [4.78, 5) is 28.0. The zero-order chi connectivity index (χ0) is 20.0. The van der Waals surface area contributed by atoms with Gasteiger partial charge in [0.05, 0.1) is 19.1 Å². The van der Waals surface area contributed by atoms with Gasteiger partial charge in [-0.25, -0.2) is 0 Å². The molecule has 2 saturated heterocycles. The van der Waals surface area contributed by atoms with Gasteiger partial charge in [-0.15, -0.1) is 0 Å². The number of aromatic nitrogens is 1. The minimum absolute atomic E-state index is 0.146. The third kappa shape index (κ3) is 3.42. The number of rotatable bonds is 2. The summed E-state index contributed by atoms with van der Waals surface area (Å²) in [6.45, 7) is 6.57. The number of pyridine rings is 1. The largest absolute Gasteiger partial charge is 0.342 e. The molecule has 0 spiro atoms. The Morgan fingerprint density at radius 2 is 1.79 bits per heavy atom. The third-order valence-corrected chi connectivity index (χ3v) is 7.33. The molecule has 0 aliphatic carbocycles. The molecule has 5 heteroatoms. The van der Waals surface area contributed by atoms with Crippen molar-refractivity contribution in [3.63, 3.8) is 0 Å². The molecule has 5 rings (SSSR count). The van der Waals surface area contributed by atoms with Gasteiger partial charge in [0.15, 0.2) is 0 Å². The topological polar surface area (TPSA) is 46.8 Å². The summed E-state index contributed by atoms with van der Waals surface area (Å²) in [6, 6.07) is 14.9. The lowest BCUT2D eigenvalue weighted by atomic mass is 9.79. The number of carbonyl (C=O) groups is 1. The molecule has 3 aliphatic heterocycles. The summed E-state index contributed by atoms with van der Waals surface area (Å²) in [5.41, 5.74) is 3.82. The first-order valence-electron chi connectivity index (χ1n) is 11.0. The number of hydrogen-bond acceptors (Lipinski definition) is 2. The van der Waals surface area contributed by atoms with Crippen LogP contribution in [-0.2, 0) is 11.3 Å². The van der Waals surface area contributed by atoms with E-state index in [1.807, 2.05) is 17.0 Å². The predicted octanol–water partition coefficient (Wildman–Crippen LogP) is 1.53. The Balaban J connectivity index is 1.44. The van der Waals surface area contributed by atoms with Gasteiger partial charge in [0.2, 0.25) is 5.91 Å². The van der Waals surface area contributed by atoms with Gasteiger partial charge in [0, 0.05) is 68.6 Å². The zero-order valence-corrected chi connectivity index (χ0v) is 17.1. The van der Waals surface area contributed by atoms with Crippen LogP contribution >= 0.6 is 0 Å². The highest BCUT2D eigenvalue weighted by atomic mass is 16.2. The Kier molecular flexibility index (Phi) is 4.78. The maximum atomic E-state index is 12.7. The van der Waals surface area contributed by atoms with Gasteiger partial charge < -0.3 is 14.4 Å². The first-order valence-corrected chi connectivity index (χ1v) is 11.0. The molecule has 2 bridgehead atoms. The summed E-state index contributed by atoms with van der Waals surface area (Å²) in [5, 5.41) is 0. The van der Waals surface area contributed by atoms with Crippen LogP contribution in [0.25, 0.3) is 11.1 Å². The zero-order valence-electron chi connectivity index (χ0n) is 17.1. The SMILES string of the molecule is CC(=O)N1CCC([NH+]2C[C@@H]3C[C@H](C2)c2c(-c4ccccc4)ccc(=O)n2C3)CC1. The first kappa shape index (κ1) is 18.6. The van der Waals surface area contributed by atoms with Gasteiger partial charge in [0.1, 0.15) is 0 Å². The highest BCUT2D eigenvalue weighted by Crippen LogP contribution is 2.37. The van der Waals surface area contributed by atoms with E-state index in [4.69, 9.17) is 0 Å². The third-order valence-electron chi connectivity index (χ3n) is 7.33. The number of quaternary nitrogens is 1. The molecular weight excluding hydrogens is 362 g/mol. The Hall–Kier alpha value is -2.40. The first-order chi connectivity index (χ1) is 14.1. The summed E-state index contributed by atoms with van der Waals surface area (Å²) < 4.78 is 2.07. The number of nitrogens with one attached hydrogen (secondary N) is 1. The lowest BCUT2D eigenvalue weighted by Gasteiger charge is -2.45. The second-order valence-corrected chi connectivity index (χ2v) is 9.09. The van der Waals surface area contributed by atoms with E-state index in [1.165, 1.54) is 23.2 Å². The average Bonchev–Trinajstić information content (AvgIpc) is 2.75. The van der Waals surface area contributed by atoms with Crippen molar-refractivity contribution in [1.29, 1.82) is 0 Å². The average molecular weight is 393 g/mol. The van der Waals surface area contributed by atoms with Crippen LogP contribution in [0.4, 0.5) is 0 Å². The number of carbonyl (C=O) groups excluding carboxylic acids is 1. The van der Waals surface area contributed by atoms with Crippen molar-refractivity contribution in [3.05, 3.63) is 58.5 Å². The van der Waals surface area contributed by atoms with E-state index in [9.17, 15) is 9.59 Å². The predicted molar refractivity (Wildman–Crippen MR) is 113 cm³/mol. The summed E-state index contributed by atoms with van der Waals surface area (Å²) in [5.74, 6) is 1.22. The van der Waals surface area contributed by atoms with Crippen LogP contribution in [0.1, 0.15) is 37.8 Å². The summed E-state index contributed by atoms with van der Waals surface area (Å²) in [7, 11) is 0. The molecular formula is C24H30N3O2+. The number of amides is 1. The fourth-order valence-corrected chi connectivity index (χ4v) is 5.97. The van der Waals surface area contributed by atoms with E-state index < -0.39 is 0 Å². The monoisotopic (exact) mass is 392 g/mol. The molecule has 3 aliphatic rings. The molecule has 29 heavy (non-hydrogen) atoms. The number of likely N-dealkylation sites (tertiary alicyclic amines) is 2. The van der Waals surface area contributed by atoms with Crippen LogP contribution < -0.4 is 10.5 Å². The number of hydrogen-bond donors (Lipinski definition) is 1. The number of fused-ring (bicyclic) bond motifs is 4. The maximum Gasteiger partial charge on any atom is 0.250 e. The molecule has 1 aromatic carbocycles. The smallest absolute Gasteiger partial charge is 0.250 e. The van der Waals surface area contributed by atoms with E-state index >= 15 is 0 Å². The van der Waals surface area contributed by atoms with E-state index in [1.54, 1.807) is 17.9 Å². The van der Waals surface area contributed by atoms with Crippen LogP contribution in [0.5, 0.6) is 0 Å². The molecule has 5 nitrogen and oxygen atoms in total. The van der Waals surface area contributed by atoms with Crippen LogP contribution in [-0.4, -0.2) is 47.6 Å². The summed E-state index contributed by atoms with van der Waals surface area (Å²) in [6.07, 6.45) is 3.39. The normalized spacial score (nSPS) is 26.8. The number of nitrogens with zero attached hydrogens (tertiary/aromatic N) is 2. The Morgan fingerprint density at radius 1 is 1.03 bits per heavy atom. The van der Waals surface area contributed by atoms with Crippen molar-refractivity contribution in [1.82, 2.24) is 9.47 Å². The molecule has 0 saturated carbocycles. The van der Waals surface area contributed by atoms with Gasteiger partial charge in [-0.1, -0.05) is 30.3 Å². The van der Waals surface area contributed by atoms with Crippen molar-refractivity contribution in [2.24, 2.45) is 5.92 Å². The van der Waals surface area contributed by atoms with Gasteiger partial charge in [-0.05, 0) is 18.1 Å². The van der Waals surface area contributed by atoms with Gasteiger partial charge in [-0.3, -0.25) is 9.59 Å². The molecule has 0 radical (unpaired) electrons. The number of piperidine rings is 2. The Morgan fingerprint density at radius 3 is 2.52 bits per heavy atom. The van der Waals surface area contributed by atoms with Gasteiger partial charge in [-0.2, -0.15) is 0 Å². The van der Waals surface area contributed by atoms with Crippen LogP contribution in [0.15, 0.2) is 47.3 Å². The minimum atomic E-state index is 0.146. The lowest BCUT2D eigenvalue weighted by Crippen LogP contribution is -3.18. The number of benzene rings is 1. The van der Waals surface area contributed by atoms with E-state index in [-0.39, 0.29) is 11.5 Å². The molecule has 4 heterocycles. The molecule has 1 amide bonds. The van der Waals surface area contributed by atoms with E-state index in [0.717, 1.165) is 45.6 Å². The lowest BCUT2D eigenvalue weighted by molar-refractivity contribution is -0.937.